The van der Waals surface area contributed by atoms with E-state index in [9.17, 15) is 14.4 Å². The monoisotopic (exact) mass is 1160 g/mol. The van der Waals surface area contributed by atoms with Crippen molar-refractivity contribution in [2.24, 2.45) is 0 Å². The predicted molar refractivity (Wildman–Crippen MR) is 362 cm³/mol. The lowest BCUT2D eigenvalue weighted by Gasteiger charge is -2.18. The number of ether oxygens (including phenoxy) is 3. The van der Waals surface area contributed by atoms with Crippen LogP contribution in [0.2, 0.25) is 0 Å². The molecule has 0 aromatic heterocycles. The fourth-order valence-corrected chi connectivity index (χ4v) is 10.5. The van der Waals surface area contributed by atoms with Crippen molar-refractivity contribution in [1.82, 2.24) is 0 Å². The Balaban J connectivity index is 4.29. The van der Waals surface area contributed by atoms with Crippen LogP contribution in [0.5, 0.6) is 0 Å². The fourth-order valence-electron chi connectivity index (χ4n) is 10.5. The van der Waals surface area contributed by atoms with Gasteiger partial charge in [0, 0.05) is 19.3 Å². The van der Waals surface area contributed by atoms with Crippen LogP contribution in [0.25, 0.3) is 0 Å². The molecule has 6 heteroatoms. The van der Waals surface area contributed by atoms with E-state index in [1.165, 1.54) is 231 Å². The number of allylic oxidation sites excluding steroid dienone is 14. The maximum absolute atomic E-state index is 13.0. The molecule has 0 N–H and O–H groups in total. The van der Waals surface area contributed by atoms with Crippen LogP contribution in [0.15, 0.2) is 85.1 Å². The second kappa shape index (κ2) is 71.1. The Kier molecular flexibility index (Phi) is 68.2. The first kappa shape index (κ1) is 79.6. The molecule has 1 unspecified atom stereocenters. The van der Waals surface area contributed by atoms with Gasteiger partial charge in [0.15, 0.2) is 6.10 Å². The molecule has 0 spiro atoms. The number of unbranched alkanes of at least 4 members (excludes halogenated alkanes) is 41. The van der Waals surface area contributed by atoms with Crippen LogP contribution in [0.3, 0.4) is 0 Å². The Hall–Kier alpha value is -3.41. The molecule has 0 aromatic carbocycles. The maximum atomic E-state index is 13.0. The summed E-state index contributed by atoms with van der Waals surface area (Å²) in [6, 6.07) is 0. The molecule has 0 fully saturated rings. The Morgan fingerprint density at radius 3 is 0.759 bits per heavy atom. The second-order valence-corrected chi connectivity index (χ2v) is 24.1. The van der Waals surface area contributed by atoms with Crippen LogP contribution in [0, 0.1) is 0 Å². The molecule has 0 aliphatic carbocycles. The smallest absolute Gasteiger partial charge is 0.306 e. The summed E-state index contributed by atoms with van der Waals surface area (Å²) in [7, 11) is 0. The number of hydrogen-bond donors (Lipinski definition) is 0. The molecule has 0 aliphatic rings. The normalized spacial score (nSPS) is 12.6. The Labute approximate surface area is 515 Å². The van der Waals surface area contributed by atoms with E-state index in [1.54, 1.807) is 0 Å². The number of hydrogen-bond acceptors (Lipinski definition) is 6. The first-order chi connectivity index (χ1) is 41.0. The largest absolute Gasteiger partial charge is 0.462 e. The van der Waals surface area contributed by atoms with Crippen molar-refractivity contribution in [2.45, 2.75) is 374 Å². The van der Waals surface area contributed by atoms with Crippen molar-refractivity contribution < 1.29 is 28.6 Å². The summed E-state index contributed by atoms with van der Waals surface area (Å²) in [5.74, 6) is -0.856. The zero-order valence-corrected chi connectivity index (χ0v) is 55.2. The first-order valence-electron chi connectivity index (χ1n) is 36.1. The van der Waals surface area contributed by atoms with E-state index in [-0.39, 0.29) is 31.1 Å². The molecule has 0 aliphatic heterocycles. The molecule has 0 saturated carbocycles. The van der Waals surface area contributed by atoms with Crippen molar-refractivity contribution in [2.75, 3.05) is 13.2 Å². The highest BCUT2D eigenvalue weighted by Gasteiger charge is 2.19. The number of carbonyl (C=O) groups excluding carboxylic acids is 3. The average molecular weight is 1160 g/mol. The fraction of sp³-hybridized carbons (Fsp3) is 0.779. The first-order valence-corrected chi connectivity index (χ1v) is 36.1. The summed E-state index contributed by atoms with van der Waals surface area (Å²) in [6.07, 6.45) is 94.6. The molecule has 6 nitrogen and oxygen atoms in total. The van der Waals surface area contributed by atoms with E-state index in [0.717, 1.165) is 96.3 Å². The van der Waals surface area contributed by atoms with Gasteiger partial charge in [-0.15, -0.1) is 0 Å². The highest BCUT2D eigenvalue weighted by molar-refractivity contribution is 5.71. The van der Waals surface area contributed by atoms with Gasteiger partial charge in [-0.1, -0.05) is 337 Å². The van der Waals surface area contributed by atoms with Crippen LogP contribution >= 0.6 is 0 Å². The molecular formula is C77H136O6. The molecule has 480 valence electrons. The van der Waals surface area contributed by atoms with Gasteiger partial charge in [-0.25, -0.2) is 0 Å². The summed E-state index contributed by atoms with van der Waals surface area (Å²) >= 11 is 0. The molecule has 0 aromatic rings. The molecule has 0 radical (unpaired) electrons. The molecule has 83 heavy (non-hydrogen) atoms. The quantitative estimate of drug-likeness (QED) is 0.0261. The Morgan fingerprint density at radius 2 is 0.470 bits per heavy atom. The lowest BCUT2D eigenvalue weighted by atomic mass is 10.0. The number of rotatable bonds is 66. The van der Waals surface area contributed by atoms with E-state index in [4.69, 9.17) is 14.2 Å². The van der Waals surface area contributed by atoms with Crippen molar-refractivity contribution in [3.63, 3.8) is 0 Å². The van der Waals surface area contributed by atoms with Crippen molar-refractivity contribution in [3.8, 4) is 0 Å². The number of carbonyl (C=O) groups is 3. The molecule has 0 bridgehead atoms. The van der Waals surface area contributed by atoms with Crippen LogP contribution in [0.1, 0.15) is 367 Å². The Bertz CT molecular complexity index is 1570. The van der Waals surface area contributed by atoms with Gasteiger partial charge in [0.1, 0.15) is 13.2 Å². The minimum absolute atomic E-state index is 0.0733. The van der Waals surface area contributed by atoms with E-state index in [2.05, 4.69) is 106 Å². The standard InChI is InChI=1S/C77H136O6/c1-4-7-10-13-16-19-22-25-28-31-33-34-35-36-37-38-39-40-41-42-44-46-49-52-55-58-61-64-67-70-76(79)82-73-74(72-81-75(78)69-66-63-60-57-54-51-48-45-30-27-24-21-18-15-12-9-6-3)83-77(80)71-68-65-62-59-56-53-50-47-43-32-29-26-23-20-17-14-11-8-5-2/h7,10,16-17,19-20,25-26,28-29,33-34,36-37,74H,4-6,8-9,11-15,18,21-24,27,30-32,35,38-73H2,1-3H3/b10-7-,19-16-,20-17-,28-25-,29-26-,34-33-,37-36-. The van der Waals surface area contributed by atoms with Gasteiger partial charge in [0.2, 0.25) is 0 Å². The van der Waals surface area contributed by atoms with Gasteiger partial charge >= 0.3 is 17.9 Å². The van der Waals surface area contributed by atoms with Gasteiger partial charge in [0.25, 0.3) is 0 Å². The molecule has 0 saturated heterocycles. The Morgan fingerprint density at radius 1 is 0.253 bits per heavy atom. The summed E-state index contributed by atoms with van der Waals surface area (Å²) < 4.78 is 17.0. The summed E-state index contributed by atoms with van der Waals surface area (Å²) in [5, 5.41) is 0. The zero-order valence-electron chi connectivity index (χ0n) is 55.2. The van der Waals surface area contributed by atoms with Crippen LogP contribution < -0.4 is 0 Å². The third-order valence-electron chi connectivity index (χ3n) is 15.9. The molecular weight excluding hydrogens is 1020 g/mol. The highest BCUT2D eigenvalue weighted by atomic mass is 16.6. The van der Waals surface area contributed by atoms with Gasteiger partial charge in [-0.3, -0.25) is 14.4 Å². The zero-order chi connectivity index (χ0) is 59.9. The van der Waals surface area contributed by atoms with Crippen molar-refractivity contribution >= 4 is 17.9 Å². The minimum Gasteiger partial charge on any atom is -0.462 e. The van der Waals surface area contributed by atoms with Crippen molar-refractivity contribution in [1.29, 1.82) is 0 Å². The van der Waals surface area contributed by atoms with E-state index in [0.29, 0.717) is 19.3 Å². The summed E-state index contributed by atoms with van der Waals surface area (Å²) in [5.41, 5.74) is 0. The lowest BCUT2D eigenvalue weighted by Crippen LogP contribution is -2.30. The van der Waals surface area contributed by atoms with Crippen molar-refractivity contribution in [3.05, 3.63) is 85.1 Å². The third kappa shape index (κ3) is 69.3. The van der Waals surface area contributed by atoms with Gasteiger partial charge in [0.05, 0.1) is 0 Å². The maximum Gasteiger partial charge on any atom is 0.306 e. The van der Waals surface area contributed by atoms with E-state index in [1.807, 2.05) is 0 Å². The summed E-state index contributed by atoms with van der Waals surface area (Å²) in [6.45, 7) is 6.56. The predicted octanol–water partition coefficient (Wildman–Crippen LogP) is 25.0. The highest BCUT2D eigenvalue weighted by Crippen LogP contribution is 2.18. The molecule has 1 atom stereocenters. The summed E-state index contributed by atoms with van der Waals surface area (Å²) in [4.78, 5) is 38.5. The minimum atomic E-state index is -0.779. The van der Waals surface area contributed by atoms with Crippen LogP contribution in [0.4, 0.5) is 0 Å². The topological polar surface area (TPSA) is 78.9 Å². The second-order valence-electron chi connectivity index (χ2n) is 24.1. The molecule has 0 amide bonds. The van der Waals surface area contributed by atoms with E-state index < -0.39 is 6.10 Å². The van der Waals surface area contributed by atoms with Gasteiger partial charge in [-0.05, 0) is 96.3 Å². The average Bonchev–Trinajstić information content (AvgIpc) is 3.49. The molecule has 0 rings (SSSR count). The third-order valence-corrected chi connectivity index (χ3v) is 15.9. The van der Waals surface area contributed by atoms with E-state index >= 15 is 0 Å². The van der Waals surface area contributed by atoms with Gasteiger partial charge < -0.3 is 14.2 Å². The lowest BCUT2D eigenvalue weighted by molar-refractivity contribution is -0.167. The van der Waals surface area contributed by atoms with Crippen LogP contribution in [-0.4, -0.2) is 37.2 Å². The molecule has 0 heterocycles. The number of esters is 3. The van der Waals surface area contributed by atoms with Gasteiger partial charge in [-0.2, -0.15) is 0 Å². The van der Waals surface area contributed by atoms with Crippen LogP contribution in [-0.2, 0) is 28.6 Å². The SMILES string of the molecule is CC/C=C\C/C=C\C/C=C\C/C=C\C/C=C\CCCCCCCCCCCCCCCC(=O)OCC(COC(=O)CCCCCCCCCCCCCCCCCCC)OC(=O)CCCCCCCCCCC/C=C\C/C=C\CCCCC.